The highest BCUT2D eigenvalue weighted by Crippen LogP contribution is 2.32. The Hall–Kier alpha value is -6.42. The number of nitrogens with zero attached hydrogens (tertiary/aromatic N) is 8. The number of pyridine rings is 2. The first-order chi connectivity index (χ1) is 38.2. The van der Waals surface area contributed by atoms with Crippen LogP contribution in [0, 0.1) is 29.6 Å². The summed E-state index contributed by atoms with van der Waals surface area (Å²) in [7, 11) is 0. The first kappa shape index (κ1) is 61.2. The Balaban J connectivity index is 0.000000175. The number of aromatic amines is 1. The largest absolute Gasteiger partial charge is 0.471 e. The summed E-state index contributed by atoms with van der Waals surface area (Å²) in [6.45, 7) is 30.7. The molecule has 4 aromatic heterocycles. The number of likely N-dealkylation sites (tertiary alicyclic amines) is 2. The molecule has 0 radical (unpaired) electrons. The van der Waals surface area contributed by atoms with Crippen molar-refractivity contribution in [2.75, 3.05) is 50.8 Å². The summed E-state index contributed by atoms with van der Waals surface area (Å²) < 4.78 is 15.6. The number of ether oxygens (including phenoxy) is 2. The summed E-state index contributed by atoms with van der Waals surface area (Å²) in [6, 6.07) is 17.4. The summed E-state index contributed by atoms with van der Waals surface area (Å²) in [5.41, 5.74) is 7.20. The second kappa shape index (κ2) is 28.8. The van der Waals surface area contributed by atoms with E-state index in [4.69, 9.17) is 9.47 Å². The van der Waals surface area contributed by atoms with Gasteiger partial charge in [0.1, 0.15) is 23.5 Å². The van der Waals surface area contributed by atoms with Gasteiger partial charge in [0.05, 0.1) is 56.8 Å². The van der Waals surface area contributed by atoms with Crippen molar-refractivity contribution in [3.63, 3.8) is 0 Å². The maximum atomic E-state index is 12.2. The number of aromatic nitrogens is 6. The molecule has 0 saturated carbocycles. The number of carbonyl (C=O) groups excluding carboxylic acids is 4. The van der Waals surface area contributed by atoms with Crippen molar-refractivity contribution in [3.05, 3.63) is 126 Å². The van der Waals surface area contributed by atoms with Gasteiger partial charge in [-0.1, -0.05) is 91.8 Å². The average molecular weight is 1090 g/mol. The van der Waals surface area contributed by atoms with Gasteiger partial charge in [0.15, 0.2) is 17.6 Å². The Bertz CT molecular complexity index is 2890. The summed E-state index contributed by atoms with van der Waals surface area (Å²) in [4.78, 5) is 64.1. The number of nitrogens with one attached hydrogen (secondary N) is 1. The number of aryl methyl sites for hydroxylation is 1. The van der Waals surface area contributed by atoms with Crippen LogP contribution in [0.2, 0.25) is 0 Å². The zero-order valence-electron chi connectivity index (χ0n) is 49.8. The van der Waals surface area contributed by atoms with Gasteiger partial charge in [0, 0.05) is 96.6 Å². The van der Waals surface area contributed by atoms with E-state index >= 15 is 0 Å². The van der Waals surface area contributed by atoms with E-state index in [0.717, 1.165) is 92.2 Å². The Morgan fingerprint density at radius 1 is 0.738 bits per heavy atom. The number of carbonyl (C=O) groups is 4. The molecular formula is C65H90N9O6+. The summed E-state index contributed by atoms with van der Waals surface area (Å²) in [5.74, 6) is 3.11. The first-order valence-corrected chi connectivity index (χ1v) is 29.4. The van der Waals surface area contributed by atoms with Gasteiger partial charge in [-0.05, 0) is 107 Å². The van der Waals surface area contributed by atoms with Gasteiger partial charge in [0.25, 0.3) is 0 Å². The molecular weight excluding hydrogens is 1000 g/mol. The van der Waals surface area contributed by atoms with Crippen LogP contribution in [0.15, 0.2) is 104 Å². The van der Waals surface area contributed by atoms with Crippen LogP contribution in [-0.2, 0) is 27.3 Å². The van der Waals surface area contributed by atoms with Crippen LogP contribution in [0.5, 0.6) is 5.88 Å². The van der Waals surface area contributed by atoms with Crippen molar-refractivity contribution in [2.24, 2.45) is 29.6 Å². The van der Waals surface area contributed by atoms with Gasteiger partial charge in [-0.2, -0.15) is 10.2 Å². The number of Topliss-reactive ketones (excluding diaryl/α,β-unsaturated/α-hetero) is 4. The number of rotatable bonds is 24. The molecule has 3 atom stereocenters. The van der Waals surface area contributed by atoms with Crippen molar-refractivity contribution in [2.45, 2.75) is 152 Å². The van der Waals surface area contributed by atoms with Gasteiger partial charge in [-0.3, -0.25) is 33.7 Å². The molecule has 3 fully saturated rings. The molecule has 15 heteroatoms. The van der Waals surface area contributed by atoms with Gasteiger partial charge < -0.3 is 14.4 Å². The monoisotopic (exact) mass is 1090 g/mol. The van der Waals surface area contributed by atoms with E-state index in [1.54, 1.807) is 12.4 Å². The lowest BCUT2D eigenvalue weighted by atomic mass is 9.88. The second-order valence-corrected chi connectivity index (χ2v) is 24.0. The fraction of sp³-hybridized carbons (Fsp3) is 0.538. The number of anilines is 1. The van der Waals surface area contributed by atoms with Crippen LogP contribution < -0.4 is 14.3 Å². The van der Waals surface area contributed by atoms with Crippen LogP contribution in [0.1, 0.15) is 147 Å². The quantitative estimate of drug-likeness (QED) is 0.0461. The molecule has 3 aliphatic heterocycles. The minimum Gasteiger partial charge on any atom is -0.471 e. The van der Waals surface area contributed by atoms with E-state index in [1.807, 2.05) is 129 Å². The van der Waals surface area contributed by atoms with Gasteiger partial charge in [-0.15, -0.1) is 4.68 Å². The molecule has 15 nitrogen and oxygen atoms in total. The second-order valence-electron chi connectivity index (χ2n) is 24.0. The molecule has 7 heterocycles. The minimum atomic E-state index is -0.0236. The fourth-order valence-corrected chi connectivity index (χ4v) is 10.4. The van der Waals surface area contributed by atoms with Crippen LogP contribution in [0.4, 0.5) is 5.82 Å². The molecule has 0 amide bonds. The van der Waals surface area contributed by atoms with Crippen LogP contribution in [-0.4, -0.2) is 128 Å². The molecule has 9 rings (SSSR count). The summed E-state index contributed by atoms with van der Waals surface area (Å²) in [6.07, 6.45) is 23.2. The zero-order chi connectivity index (χ0) is 57.6. The summed E-state index contributed by atoms with van der Waals surface area (Å²) >= 11 is 0. The van der Waals surface area contributed by atoms with Crippen LogP contribution in [0.3, 0.4) is 0 Å². The number of ketones is 4. The number of hydrogen-bond donors (Lipinski definition) is 1. The Labute approximate surface area is 476 Å². The van der Waals surface area contributed by atoms with Gasteiger partial charge in [0.2, 0.25) is 12.1 Å². The van der Waals surface area contributed by atoms with Crippen LogP contribution in [0.25, 0.3) is 16.7 Å². The van der Waals surface area contributed by atoms with Crippen molar-refractivity contribution >= 4 is 34.5 Å². The topological polar surface area (TPSA) is 160 Å². The standard InChI is InChI=1S/C23H27N5O2.C23H34N2O2.C19H28N2O2/c1-15(2)23(29)18-5-6-21(25-10-18)27-13-20(14-27)30-22-9-17(7-8-24-22)19-11-26-28(12-19)16(3)4;1-16(2)22(26)15-25-14-20-12-21(25)13-24(20)10-6-8-18-7-5-9-19(11-18)23(27)17(3)4;1-14(2)19(22)11-16-6-5-7-17(10-16)18-12-20-21(13-18)8-9-23-15(3)4/h5-12,15-16,20H,13-14H2,1-4H3;5,7,9,11,16-17,20-21H,6,8,10,12-15H2,1-4H3;5,7,10,12-16H,6,8-9,11H2,1-4H3/p+1/t;20-,21-;/m.0./s1. The van der Waals surface area contributed by atoms with Crippen molar-refractivity contribution in [1.29, 1.82) is 0 Å². The van der Waals surface area contributed by atoms with Crippen LogP contribution >= 0.6 is 0 Å². The highest BCUT2D eigenvalue weighted by Gasteiger charge is 2.43. The third kappa shape index (κ3) is 17.3. The van der Waals surface area contributed by atoms with E-state index in [2.05, 4.69) is 90.0 Å². The molecule has 5 aromatic rings. The van der Waals surface area contributed by atoms with Gasteiger partial charge >= 0.3 is 0 Å². The molecule has 430 valence electrons. The normalized spacial score (nSPS) is 18.2. The van der Waals surface area contributed by atoms with E-state index in [1.165, 1.54) is 12.0 Å². The van der Waals surface area contributed by atoms with E-state index in [0.29, 0.717) is 66.6 Å². The Kier molecular flexibility index (Phi) is 22.1. The average Bonchev–Trinajstić information content (AvgIpc) is 4.32. The molecule has 0 spiro atoms. The summed E-state index contributed by atoms with van der Waals surface area (Å²) in [5, 5.41) is 7.65. The van der Waals surface area contributed by atoms with Crippen molar-refractivity contribution in [3.8, 4) is 17.0 Å². The lowest BCUT2D eigenvalue weighted by Crippen LogP contribution is -2.54. The number of fused-ring (bicyclic) bond motifs is 2. The van der Waals surface area contributed by atoms with Crippen molar-refractivity contribution < 1.29 is 33.3 Å². The van der Waals surface area contributed by atoms with E-state index < -0.39 is 0 Å². The Morgan fingerprint density at radius 3 is 2.11 bits per heavy atom. The lowest BCUT2D eigenvalue weighted by Gasteiger charge is -2.39. The molecule has 1 aromatic carbocycles. The number of piperazine rings is 1. The molecule has 1 unspecified atom stereocenters. The molecule has 1 aliphatic carbocycles. The smallest absolute Gasteiger partial charge is 0.214 e. The highest BCUT2D eigenvalue weighted by atomic mass is 16.5. The van der Waals surface area contributed by atoms with E-state index in [9.17, 15) is 19.2 Å². The SMILES string of the molecule is CC(C)C(=O)CN1C[C@@H]2C[C@H]1CN2CCCc1cccc(C(=O)C(C)C)c1.CC(C)C(=O)c1ccc(N2CC(Oc3cc(-c4c[nH][n+](C(C)C)c4)ccn3)C2)nc1.CC(C)OCCn1cc(C2=CC(CC(=O)C(C)C)CC=C2)cn1. The molecule has 1 N–H and O–H groups in total. The fourth-order valence-electron chi connectivity index (χ4n) is 10.4. The van der Waals surface area contributed by atoms with E-state index in [-0.39, 0.29) is 47.4 Å². The molecule has 80 heavy (non-hydrogen) atoms. The van der Waals surface area contributed by atoms with Gasteiger partial charge in [-0.25, -0.2) is 9.97 Å². The first-order valence-electron chi connectivity index (χ1n) is 29.4. The Morgan fingerprint density at radius 2 is 1.46 bits per heavy atom. The minimum absolute atomic E-state index is 0.0236. The number of allylic oxidation sites excluding steroid dienone is 4. The highest BCUT2D eigenvalue weighted by molar-refractivity contribution is 5.98. The maximum Gasteiger partial charge on any atom is 0.214 e. The number of benzene rings is 1. The maximum absolute atomic E-state index is 12.2. The third-order valence-electron chi connectivity index (χ3n) is 15.4. The third-order valence-corrected chi connectivity index (χ3v) is 15.4. The molecule has 4 aliphatic rings. The number of H-pyrrole nitrogens is 1. The van der Waals surface area contributed by atoms with Crippen molar-refractivity contribution in [1.82, 2.24) is 34.6 Å². The molecule has 3 saturated heterocycles. The predicted molar refractivity (Wildman–Crippen MR) is 317 cm³/mol. The number of hydrogen-bond acceptors (Lipinski definition) is 12. The molecule has 2 bridgehead atoms. The zero-order valence-corrected chi connectivity index (χ0v) is 49.8. The lowest BCUT2D eigenvalue weighted by molar-refractivity contribution is -0.767. The predicted octanol–water partition coefficient (Wildman–Crippen LogP) is 10.8.